The van der Waals surface area contributed by atoms with Gasteiger partial charge < -0.3 is 13.7 Å². The number of nitrogens with zero attached hydrogens (tertiary/aromatic N) is 3. The lowest BCUT2D eigenvalue weighted by molar-refractivity contribution is 0.870. The molecule has 3 heterocycles. The molecule has 0 aliphatic carbocycles. The van der Waals surface area contributed by atoms with Crippen LogP contribution in [0.15, 0.2) is 103 Å². The molecule has 36 heavy (non-hydrogen) atoms. The van der Waals surface area contributed by atoms with Crippen molar-refractivity contribution in [3.05, 3.63) is 109 Å². The zero-order chi connectivity index (χ0) is 24.0. The van der Waals surface area contributed by atoms with E-state index in [1.165, 1.54) is 71.0 Å². The molecule has 0 fully saturated rings. The van der Waals surface area contributed by atoms with E-state index in [2.05, 4.69) is 131 Å². The van der Waals surface area contributed by atoms with Crippen molar-refractivity contribution in [3.8, 4) is 0 Å². The average molecular weight is 464 g/mol. The van der Waals surface area contributed by atoms with Crippen molar-refractivity contribution in [2.45, 2.75) is 6.54 Å². The summed E-state index contributed by atoms with van der Waals surface area (Å²) in [5, 5.41) is 7.98. The zero-order valence-corrected chi connectivity index (χ0v) is 20.4. The van der Waals surface area contributed by atoms with E-state index in [0.717, 1.165) is 6.54 Å². The normalized spacial score (nSPS) is 12.3. The molecule has 172 valence electrons. The summed E-state index contributed by atoms with van der Waals surface area (Å²) in [4.78, 5) is 0. The quantitative estimate of drug-likeness (QED) is 0.246. The van der Waals surface area contributed by atoms with Crippen molar-refractivity contribution in [3.63, 3.8) is 0 Å². The first-order chi connectivity index (χ1) is 17.7. The Balaban J connectivity index is 1.43. The monoisotopic (exact) mass is 463 g/mol. The minimum atomic E-state index is 0.839. The number of hydrogen-bond donors (Lipinski definition) is 0. The largest absolute Gasteiger partial charge is 0.344 e. The van der Waals surface area contributed by atoms with Gasteiger partial charge in [-0.1, -0.05) is 60.7 Å². The van der Waals surface area contributed by atoms with Gasteiger partial charge in [-0.05, 0) is 48.0 Å². The molecular formula is C33H25N3. The first-order valence-electron chi connectivity index (χ1n) is 12.5. The summed E-state index contributed by atoms with van der Waals surface area (Å²) >= 11 is 0. The third-order valence-electron chi connectivity index (χ3n) is 8.13. The Bertz CT molecular complexity index is 2100. The van der Waals surface area contributed by atoms with E-state index in [4.69, 9.17) is 0 Å². The molecule has 8 rings (SSSR count). The fraction of sp³-hybridized carbons (Fsp3) is 0.0909. The maximum Gasteiger partial charge on any atom is 0.0496 e. The molecule has 5 aromatic carbocycles. The maximum absolute atomic E-state index is 2.46. The summed E-state index contributed by atoms with van der Waals surface area (Å²) in [6.45, 7) is 0.839. The number of fused-ring (bicyclic) bond motifs is 10. The molecular weight excluding hydrogens is 438 g/mol. The van der Waals surface area contributed by atoms with Crippen molar-refractivity contribution >= 4 is 65.4 Å². The van der Waals surface area contributed by atoms with Gasteiger partial charge in [-0.25, -0.2) is 0 Å². The van der Waals surface area contributed by atoms with Gasteiger partial charge in [-0.2, -0.15) is 0 Å². The Labute approximate surface area is 208 Å². The van der Waals surface area contributed by atoms with Crippen molar-refractivity contribution in [1.29, 1.82) is 0 Å². The molecule has 3 nitrogen and oxygen atoms in total. The number of hydrogen-bond acceptors (Lipinski definition) is 0. The Morgan fingerprint density at radius 3 is 1.56 bits per heavy atom. The second-order valence-corrected chi connectivity index (χ2v) is 9.96. The molecule has 8 aromatic rings. The molecule has 3 heteroatoms. The van der Waals surface area contributed by atoms with Crippen LogP contribution in [0.4, 0.5) is 0 Å². The van der Waals surface area contributed by atoms with E-state index in [0.29, 0.717) is 0 Å². The molecule has 0 bridgehead atoms. The second kappa shape index (κ2) is 7.02. The van der Waals surface area contributed by atoms with Crippen LogP contribution in [0.3, 0.4) is 0 Å². The van der Waals surface area contributed by atoms with Crippen LogP contribution in [0, 0.1) is 0 Å². The molecule has 0 amide bonds. The summed E-state index contributed by atoms with van der Waals surface area (Å²) in [7, 11) is 4.36. The van der Waals surface area contributed by atoms with E-state index in [-0.39, 0.29) is 0 Å². The highest BCUT2D eigenvalue weighted by molar-refractivity contribution is 6.28. The molecule has 0 aliphatic rings. The van der Waals surface area contributed by atoms with Gasteiger partial charge in [0.15, 0.2) is 0 Å². The third-order valence-corrected chi connectivity index (χ3v) is 8.13. The fourth-order valence-corrected chi connectivity index (χ4v) is 6.45. The lowest BCUT2D eigenvalue weighted by Crippen LogP contribution is -1.99. The molecule has 0 saturated heterocycles. The molecule has 0 saturated carbocycles. The van der Waals surface area contributed by atoms with Gasteiger partial charge >= 0.3 is 0 Å². The van der Waals surface area contributed by atoms with Crippen LogP contribution >= 0.6 is 0 Å². The maximum atomic E-state index is 2.46. The molecule has 0 unspecified atom stereocenters. The summed E-state index contributed by atoms with van der Waals surface area (Å²) in [5.74, 6) is 0. The van der Waals surface area contributed by atoms with Crippen molar-refractivity contribution in [1.82, 2.24) is 13.7 Å². The molecule has 0 atom stereocenters. The third kappa shape index (κ3) is 2.47. The highest BCUT2D eigenvalue weighted by Crippen LogP contribution is 2.39. The van der Waals surface area contributed by atoms with E-state index >= 15 is 0 Å². The van der Waals surface area contributed by atoms with Gasteiger partial charge in [-0.3, -0.25) is 0 Å². The minimum absolute atomic E-state index is 0.839. The van der Waals surface area contributed by atoms with Crippen LogP contribution in [0.2, 0.25) is 0 Å². The molecule has 0 spiro atoms. The summed E-state index contributed by atoms with van der Waals surface area (Å²) in [5.41, 5.74) is 9.00. The summed E-state index contributed by atoms with van der Waals surface area (Å²) in [6.07, 6.45) is 0. The molecule has 0 radical (unpaired) electrons. The van der Waals surface area contributed by atoms with Crippen LogP contribution in [0.25, 0.3) is 65.4 Å². The van der Waals surface area contributed by atoms with Crippen molar-refractivity contribution in [2.75, 3.05) is 0 Å². The Hall–Kier alpha value is -4.50. The molecule has 3 aromatic heterocycles. The van der Waals surface area contributed by atoms with Gasteiger partial charge in [0, 0.05) is 86.1 Å². The molecule has 0 aliphatic heterocycles. The first-order valence-corrected chi connectivity index (χ1v) is 12.5. The lowest BCUT2D eigenvalue weighted by atomic mass is 10.0. The topological polar surface area (TPSA) is 14.8 Å². The average Bonchev–Trinajstić information content (AvgIpc) is 3.51. The number of aryl methyl sites for hydroxylation is 2. The predicted octanol–water partition coefficient (Wildman–Crippen LogP) is 8.13. The number of benzene rings is 5. The Kier molecular flexibility index (Phi) is 3.85. The molecule has 0 N–H and O–H groups in total. The zero-order valence-electron chi connectivity index (χ0n) is 20.4. The van der Waals surface area contributed by atoms with E-state index < -0.39 is 0 Å². The summed E-state index contributed by atoms with van der Waals surface area (Å²) < 4.78 is 7.13. The van der Waals surface area contributed by atoms with E-state index in [9.17, 15) is 0 Å². The van der Waals surface area contributed by atoms with Gasteiger partial charge in [0.2, 0.25) is 0 Å². The summed E-state index contributed by atoms with van der Waals surface area (Å²) in [6, 6.07) is 37.8. The second-order valence-electron chi connectivity index (χ2n) is 9.96. The fourth-order valence-electron chi connectivity index (χ4n) is 6.45. The lowest BCUT2D eigenvalue weighted by Gasteiger charge is -2.09. The predicted molar refractivity (Wildman–Crippen MR) is 153 cm³/mol. The van der Waals surface area contributed by atoms with Crippen LogP contribution in [-0.4, -0.2) is 13.7 Å². The number of para-hydroxylation sites is 3. The Morgan fingerprint density at radius 2 is 0.917 bits per heavy atom. The van der Waals surface area contributed by atoms with Gasteiger partial charge in [0.05, 0.1) is 0 Å². The van der Waals surface area contributed by atoms with Gasteiger partial charge in [0.1, 0.15) is 0 Å². The van der Waals surface area contributed by atoms with E-state index in [1.54, 1.807) is 0 Å². The highest BCUT2D eigenvalue weighted by Gasteiger charge is 2.17. The van der Waals surface area contributed by atoms with Crippen LogP contribution in [-0.2, 0) is 20.6 Å². The van der Waals surface area contributed by atoms with Crippen LogP contribution in [0.5, 0.6) is 0 Å². The van der Waals surface area contributed by atoms with Crippen LogP contribution < -0.4 is 0 Å². The standard InChI is InChI=1S/C33H25N3/c1-34-26-12-6-5-11-24(26)32-30(34)17-18-31-33(32)25-19-21(15-16-27(25)35(31)2)20-36-28-13-7-3-9-22(28)23-10-4-8-14-29(23)36/h3-19H,20H2,1-2H3. The SMILES string of the molecule is Cn1c2ccccc2c2c3c4cc(Cn5c6ccccc6c6ccccc65)ccc4n(C)c3ccc21. The first kappa shape index (κ1) is 19.8. The van der Waals surface area contributed by atoms with Gasteiger partial charge in [-0.15, -0.1) is 0 Å². The number of rotatable bonds is 2. The highest BCUT2D eigenvalue weighted by atomic mass is 15.0. The van der Waals surface area contributed by atoms with E-state index in [1.807, 2.05) is 0 Å². The van der Waals surface area contributed by atoms with Gasteiger partial charge in [0.25, 0.3) is 0 Å². The number of aromatic nitrogens is 3. The van der Waals surface area contributed by atoms with Crippen LogP contribution in [0.1, 0.15) is 5.56 Å². The smallest absolute Gasteiger partial charge is 0.0496 e. The van der Waals surface area contributed by atoms with Crippen molar-refractivity contribution in [2.24, 2.45) is 14.1 Å². The van der Waals surface area contributed by atoms with Crippen molar-refractivity contribution < 1.29 is 0 Å². The Morgan fingerprint density at radius 1 is 0.444 bits per heavy atom. The minimum Gasteiger partial charge on any atom is -0.344 e.